The van der Waals surface area contributed by atoms with Crippen LogP contribution in [0.15, 0.2) is 34.8 Å². The van der Waals surface area contributed by atoms with Crippen molar-refractivity contribution in [2.24, 2.45) is 0 Å². The average Bonchev–Trinajstić information content (AvgIpc) is 2.42. The Morgan fingerprint density at radius 2 is 2.00 bits per heavy atom. The van der Waals surface area contributed by atoms with Crippen LogP contribution in [0.4, 0.5) is 11.5 Å². The highest BCUT2D eigenvalue weighted by molar-refractivity contribution is 9.10. The van der Waals surface area contributed by atoms with Crippen molar-refractivity contribution in [3.8, 4) is 0 Å². The molecule has 0 aliphatic carbocycles. The molecule has 98 valence electrons. The van der Waals surface area contributed by atoms with Crippen molar-refractivity contribution >= 4 is 33.3 Å². The molecule has 1 aromatic heterocycles. The number of hydrogen-bond acceptors (Lipinski definition) is 4. The topological polar surface area (TPSA) is 66.9 Å². The van der Waals surface area contributed by atoms with E-state index in [2.05, 4.69) is 36.8 Å². The third-order valence-corrected chi connectivity index (χ3v) is 3.18. The smallest absolute Gasteiger partial charge is 0.276 e. The molecule has 2 rings (SSSR count). The number of halogens is 1. The Morgan fingerprint density at radius 3 is 2.58 bits per heavy atom. The summed E-state index contributed by atoms with van der Waals surface area (Å²) in [7, 11) is 1.74. The van der Waals surface area contributed by atoms with Crippen LogP contribution >= 0.6 is 15.9 Å². The summed E-state index contributed by atoms with van der Waals surface area (Å²) in [4.78, 5) is 12.0. The third-order valence-electron chi connectivity index (χ3n) is 2.53. The van der Waals surface area contributed by atoms with Crippen LogP contribution in [0, 0.1) is 6.92 Å². The van der Waals surface area contributed by atoms with E-state index in [1.807, 2.05) is 25.1 Å². The van der Waals surface area contributed by atoms with Gasteiger partial charge in [0.2, 0.25) is 0 Å². The van der Waals surface area contributed by atoms with E-state index in [-0.39, 0.29) is 11.6 Å². The third kappa shape index (κ3) is 3.29. The lowest BCUT2D eigenvalue weighted by atomic mass is 10.2. The molecule has 0 aliphatic heterocycles. The summed E-state index contributed by atoms with van der Waals surface area (Å²) in [5.41, 5.74) is 2.09. The molecule has 0 atom stereocenters. The molecule has 5 nitrogen and oxygen atoms in total. The zero-order valence-corrected chi connectivity index (χ0v) is 12.2. The van der Waals surface area contributed by atoms with Gasteiger partial charge in [-0.25, -0.2) is 0 Å². The minimum Gasteiger partial charge on any atom is -0.372 e. The number of hydrogen-bond donors (Lipinski definition) is 2. The van der Waals surface area contributed by atoms with Gasteiger partial charge in [0, 0.05) is 11.5 Å². The van der Waals surface area contributed by atoms with Crippen molar-refractivity contribution < 1.29 is 4.79 Å². The molecule has 0 unspecified atom stereocenters. The number of carbonyl (C=O) groups is 1. The Bertz CT molecular complexity index is 598. The SMILES string of the molecule is CNc1ccc(C(=O)Nc2ccc(C)cc2Br)nn1. The quantitative estimate of drug-likeness (QED) is 0.912. The number of rotatable bonds is 3. The van der Waals surface area contributed by atoms with E-state index in [0.717, 1.165) is 10.0 Å². The first kappa shape index (κ1) is 13.5. The van der Waals surface area contributed by atoms with Crippen LogP contribution in [0.1, 0.15) is 16.1 Å². The Morgan fingerprint density at radius 1 is 1.21 bits per heavy atom. The maximum Gasteiger partial charge on any atom is 0.276 e. The van der Waals surface area contributed by atoms with Crippen LogP contribution in [0.5, 0.6) is 0 Å². The molecule has 1 heterocycles. The molecule has 6 heteroatoms. The number of benzene rings is 1. The summed E-state index contributed by atoms with van der Waals surface area (Å²) in [6.45, 7) is 1.98. The molecule has 0 bridgehead atoms. The van der Waals surface area contributed by atoms with Crippen LogP contribution in [0.2, 0.25) is 0 Å². The lowest BCUT2D eigenvalue weighted by Gasteiger charge is -2.07. The highest BCUT2D eigenvalue weighted by Gasteiger charge is 2.10. The number of nitrogens with one attached hydrogen (secondary N) is 2. The first-order chi connectivity index (χ1) is 9.10. The van der Waals surface area contributed by atoms with Crippen LogP contribution in [0.25, 0.3) is 0 Å². The fourth-order valence-corrected chi connectivity index (χ4v) is 2.09. The van der Waals surface area contributed by atoms with Crippen LogP contribution in [-0.4, -0.2) is 23.2 Å². The van der Waals surface area contributed by atoms with Gasteiger partial charge in [-0.15, -0.1) is 10.2 Å². The number of amides is 1. The van der Waals surface area contributed by atoms with Crippen LogP contribution in [0.3, 0.4) is 0 Å². The second-order valence-electron chi connectivity index (χ2n) is 3.99. The average molecular weight is 321 g/mol. The lowest BCUT2D eigenvalue weighted by Crippen LogP contribution is -2.15. The predicted octanol–water partition coefficient (Wildman–Crippen LogP) is 2.84. The Labute approximate surface area is 119 Å². The summed E-state index contributed by atoms with van der Waals surface area (Å²) in [6.07, 6.45) is 0. The van der Waals surface area contributed by atoms with E-state index >= 15 is 0 Å². The molecular weight excluding hydrogens is 308 g/mol. The van der Waals surface area contributed by atoms with Gasteiger partial charge < -0.3 is 10.6 Å². The van der Waals surface area contributed by atoms with Gasteiger partial charge in [-0.2, -0.15) is 0 Å². The molecular formula is C13H13BrN4O. The zero-order valence-electron chi connectivity index (χ0n) is 10.6. The van der Waals surface area contributed by atoms with E-state index in [4.69, 9.17) is 0 Å². The van der Waals surface area contributed by atoms with Gasteiger partial charge in [0.1, 0.15) is 5.82 Å². The highest BCUT2D eigenvalue weighted by atomic mass is 79.9. The Kier molecular flexibility index (Phi) is 4.11. The summed E-state index contributed by atoms with van der Waals surface area (Å²) in [5.74, 6) is 0.327. The second-order valence-corrected chi connectivity index (χ2v) is 4.85. The molecule has 1 amide bonds. The van der Waals surface area contributed by atoms with Crippen molar-refractivity contribution in [1.82, 2.24) is 10.2 Å². The molecule has 0 fully saturated rings. The van der Waals surface area contributed by atoms with Gasteiger partial charge >= 0.3 is 0 Å². The minimum atomic E-state index is -0.292. The largest absolute Gasteiger partial charge is 0.372 e. The number of aromatic nitrogens is 2. The normalized spacial score (nSPS) is 10.1. The number of aryl methyl sites for hydroxylation is 1. The van der Waals surface area contributed by atoms with E-state index in [0.29, 0.717) is 11.5 Å². The molecule has 19 heavy (non-hydrogen) atoms. The maximum absolute atomic E-state index is 12.0. The maximum atomic E-state index is 12.0. The molecule has 1 aromatic carbocycles. The number of nitrogens with zero attached hydrogens (tertiary/aromatic N) is 2. The van der Waals surface area contributed by atoms with Crippen molar-refractivity contribution in [2.45, 2.75) is 6.92 Å². The first-order valence-electron chi connectivity index (χ1n) is 5.69. The van der Waals surface area contributed by atoms with E-state index in [9.17, 15) is 4.79 Å². The van der Waals surface area contributed by atoms with Gasteiger partial charge in [-0.3, -0.25) is 4.79 Å². The summed E-state index contributed by atoms with van der Waals surface area (Å²) in [6, 6.07) is 9.02. The van der Waals surface area contributed by atoms with Gasteiger partial charge in [0.25, 0.3) is 5.91 Å². The van der Waals surface area contributed by atoms with Crippen molar-refractivity contribution in [3.63, 3.8) is 0 Å². The molecule has 0 radical (unpaired) electrons. The molecule has 0 aliphatic rings. The van der Waals surface area contributed by atoms with Crippen molar-refractivity contribution in [1.29, 1.82) is 0 Å². The lowest BCUT2D eigenvalue weighted by molar-refractivity contribution is 0.102. The number of anilines is 2. The monoisotopic (exact) mass is 320 g/mol. The predicted molar refractivity (Wildman–Crippen MR) is 78.4 cm³/mol. The molecule has 0 spiro atoms. The van der Waals surface area contributed by atoms with Gasteiger partial charge in [-0.05, 0) is 52.7 Å². The molecule has 0 saturated carbocycles. The summed E-state index contributed by atoms with van der Waals surface area (Å²) < 4.78 is 0.834. The first-order valence-corrected chi connectivity index (χ1v) is 6.48. The summed E-state index contributed by atoms with van der Waals surface area (Å²) in [5, 5.41) is 13.3. The van der Waals surface area contributed by atoms with Crippen LogP contribution in [-0.2, 0) is 0 Å². The van der Waals surface area contributed by atoms with Crippen LogP contribution < -0.4 is 10.6 Å². The molecule has 2 N–H and O–H groups in total. The number of carbonyl (C=O) groups excluding carboxylic acids is 1. The molecule has 2 aromatic rings. The standard InChI is InChI=1S/C13H13BrN4O/c1-8-3-4-10(9(14)7-8)16-13(19)11-5-6-12(15-2)18-17-11/h3-7H,1-2H3,(H,15,18)(H,16,19). The highest BCUT2D eigenvalue weighted by Crippen LogP contribution is 2.23. The van der Waals surface area contributed by atoms with E-state index < -0.39 is 0 Å². The van der Waals surface area contributed by atoms with Gasteiger partial charge in [-0.1, -0.05) is 6.07 Å². The van der Waals surface area contributed by atoms with Crippen molar-refractivity contribution in [2.75, 3.05) is 17.7 Å². The fourth-order valence-electron chi connectivity index (χ4n) is 1.49. The van der Waals surface area contributed by atoms with Gasteiger partial charge in [0.15, 0.2) is 5.69 Å². The summed E-state index contributed by atoms with van der Waals surface area (Å²) >= 11 is 3.41. The van der Waals surface area contributed by atoms with E-state index in [1.165, 1.54) is 0 Å². The molecule has 0 saturated heterocycles. The zero-order chi connectivity index (χ0) is 13.8. The Hall–Kier alpha value is -1.95. The minimum absolute atomic E-state index is 0.270. The fraction of sp³-hybridized carbons (Fsp3) is 0.154. The van der Waals surface area contributed by atoms with Gasteiger partial charge in [0.05, 0.1) is 5.69 Å². The van der Waals surface area contributed by atoms with E-state index in [1.54, 1.807) is 19.2 Å². The van der Waals surface area contributed by atoms with Crippen molar-refractivity contribution in [3.05, 3.63) is 46.1 Å². The second kappa shape index (κ2) is 5.79. The Balaban J connectivity index is 2.15.